The van der Waals surface area contributed by atoms with Crippen LogP contribution in [0.3, 0.4) is 0 Å². The number of carbonyl (C=O) groups excluding carboxylic acids is 2. The number of imide groups is 1. The molecule has 0 bridgehead atoms. The van der Waals surface area contributed by atoms with Crippen molar-refractivity contribution in [2.45, 2.75) is 26.7 Å². The third-order valence-corrected chi connectivity index (χ3v) is 4.71. The summed E-state index contributed by atoms with van der Waals surface area (Å²) >= 11 is 6.10. The number of benzene rings is 1. The summed E-state index contributed by atoms with van der Waals surface area (Å²) in [6.07, 6.45) is 3.42. The van der Waals surface area contributed by atoms with E-state index in [4.69, 9.17) is 11.6 Å². The van der Waals surface area contributed by atoms with E-state index >= 15 is 0 Å². The summed E-state index contributed by atoms with van der Waals surface area (Å²) in [6, 6.07) is 5.33. The van der Waals surface area contributed by atoms with Gasteiger partial charge in [-0.15, -0.1) is 0 Å². The first-order chi connectivity index (χ1) is 9.50. The van der Waals surface area contributed by atoms with Crippen LogP contribution in [0.15, 0.2) is 29.8 Å². The summed E-state index contributed by atoms with van der Waals surface area (Å²) in [5.41, 5.74) is 2.59. The second-order valence-corrected chi connectivity index (χ2v) is 6.01. The smallest absolute Gasteiger partial charge is 0.238 e. The summed E-state index contributed by atoms with van der Waals surface area (Å²) in [5, 5.41) is 0.576. The van der Waals surface area contributed by atoms with Crippen molar-refractivity contribution in [3.05, 3.63) is 40.4 Å². The number of hydrogen-bond donors (Lipinski definition) is 0. The van der Waals surface area contributed by atoms with E-state index < -0.39 is 0 Å². The van der Waals surface area contributed by atoms with Crippen LogP contribution in [0.25, 0.3) is 0 Å². The van der Waals surface area contributed by atoms with E-state index in [0.717, 1.165) is 5.56 Å². The molecule has 3 rings (SSSR count). The van der Waals surface area contributed by atoms with E-state index in [1.165, 1.54) is 10.5 Å². The van der Waals surface area contributed by atoms with Crippen molar-refractivity contribution in [3.63, 3.8) is 0 Å². The van der Waals surface area contributed by atoms with Crippen LogP contribution in [-0.4, -0.2) is 11.8 Å². The average Bonchev–Trinajstić information content (AvgIpc) is 2.65. The maximum absolute atomic E-state index is 12.6. The Morgan fingerprint density at radius 1 is 1.15 bits per heavy atom. The fourth-order valence-corrected chi connectivity index (χ4v) is 3.28. The van der Waals surface area contributed by atoms with Gasteiger partial charge in [0, 0.05) is 5.02 Å². The van der Waals surface area contributed by atoms with Gasteiger partial charge in [-0.1, -0.05) is 29.3 Å². The molecule has 1 heterocycles. The number of rotatable bonds is 1. The van der Waals surface area contributed by atoms with Gasteiger partial charge < -0.3 is 0 Å². The van der Waals surface area contributed by atoms with Crippen molar-refractivity contribution in [2.75, 3.05) is 4.90 Å². The Labute approximate surface area is 123 Å². The Hall–Kier alpha value is -1.61. The monoisotopic (exact) mass is 289 g/mol. The molecule has 0 aromatic heterocycles. The summed E-state index contributed by atoms with van der Waals surface area (Å²) in [6.45, 7) is 3.85. The lowest BCUT2D eigenvalue weighted by Crippen LogP contribution is -2.31. The van der Waals surface area contributed by atoms with Gasteiger partial charge in [0.2, 0.25) is 11.8 Å². The van der Waals surface area contributed by atoms with Crippen molar-refractivity contribution in [1.29, 1.82) is 0 Å². The van der Waals surface area contributed by atoms with Gasteiger partial charge in [0.15, 0.2) is 0 Å². The second kappa shape index (κ2) is 4.74. The average molecular weight is 290 g/mol. The normalized spacial score (nSPS) is 25.8. The molecule has 3 nitrogen and oxygen atoms in total. The second-order valence-electron chi connectivity index (χ2n) is 5.60. The number of halogens is 1. The minimum Gasteiger partial charge on any atom is -0.274 e. The molecule has 1 aromatic rings. The molecular formula is C16H16ClNO2. The van der Waals surface area contributed by atoms with Crippen LogP contribution in [-0.2, 0) is 9.59 Å². The highest BCUT2D eigenvalue weighted by atomic mass is 35.5. The van der Waals surface area contributed by atoms with Gasteiger partial charge in [0.25, 0.3) is 0 Å². The Morgan fingerprint density at radius 2 is 1.85 bits per heavy atom. The lowest BCUT2D eigenvalue weighted by molar-refractivity contribution is -0.122. The van der Waals surface area contributed by atoms with Crippen LogP contribution in [0.2, 0.25) is 5.02 Å². The zero-order valence-electron chi connectivity index (χ0n) is 11.5. The first-order valence-electron chi connectivity index (χ1n) is 6.79. The van der Waals surface area contributed by atoms with Gasteiger partial charge in [-0.05, 0) is 44.4 Å². The third-order valence-electron chi connectivity index (χ3n) is 4.30. The lowest BCUT2D eigenvalue weighted by Gasteiger charge is -2.19. The highest BCUT2D eigenvalue weighted by Crippen LogP contribution is 2.41. The molecule has 0 saturated carbocycles. The summed E-state index contributed by atoms with van der Waals surface area (Å²) in [7, 11) is 0. The van der Waals surface area contributed by atoms with Crippen LogP contribution in [0, 0.1) is 18.8 Å². The first-order valence-corrected chi connectivity index (χ1v) is 7.17. The number of carbonyl (C=O) groups is 2. The molecular weight excluding hydrogens is 274 g/mol. The number of nitrogens with zero attached hydrogens (tertiary/aromatic N) is 1. The van der Waals surface area contributed by atoms with Crippen molar-refractivity contribution in [3.8, 4) is 0 Å². The van der Waals surface area contributed by atoms with Gasteiger partial charge in [0.1, 0.15) is 0 Å². The maximum Gasteiger partial charge on any atom is 0.238 e. The fourth-order valence-electron chi connectivity index (χ4n) is 3.11. The molecule has 4 heteroatoms. The predicted molar refractivity (Wildman–Crippen MR) is 78.7 cm³/mol. The standard InChI is InChI=1S/C16H16ClNO2/c1-9-6-7-11-12(8-9)16(20)18(15(11)19)14-5-3-4-13(17)10(14)2/h3-6,11-12H,7-8H2,1-2H3/t11-,12-/m0/s1. The van der Waals surface area contributed by atoms with Gasteiger partial charge in [-0.25, -0.2) is 4.90 Å². The number of hydrogen-bond acceptors (Lipinski definition) is 2. The fraction of sp³-hybridized carbons (Fsp3) is 0.375. The predicted octanol–water partition coefficient (Wildman–Crippen LogP) is 3.49. The van der Waals surface area contributed by atoms with Crippen molar-refractivity contribution in [2.24, 2.45) is 11.8 Å². The molecule has 0 unspecified atom stereocenters. The summed E-state index contributed by atoms with van der Waals surface area (Å²) < 4.78 is 0. The van der Waals surface area contributed by atoms with E-state index in [1.807, 2.05) is 13.8 Å². The first kappa shape index (κ1) is 13.4. The van der Waals surface area contributed by atoms with Gasteiger partial charge in [0.05, 0.1) is 17.5 Å². The highest BCUT2D eigenvalue weighted by Gasteiger charge is 2.48. The Bertz CT molecular complexity index is 635. The molecule has 0 radical (unpaired) electrons. The number of amides is 2. The molecule has 2 amide bonds. The number of fused-ring (bicyclic) bond motifs is 1. The molecule has 1 fully saturated rings. The van der Waals surface area contributed by atoms with Crippen LogP contribution in [0.4, 0.5) is 5.69 Å². The minimum absolute atomic E-state index is 0.0854. The molecule has 1 aromatic carbocycles. The maximum atomic E-state index is 12.6. The molecule has 0 spiro atoms. The summed E-state index contributed by atoms with van der Waals surface area (Å²) in [5.74, 6) is -0.581. The van der Waals surface area contributed by atoms with E-state index in [-0.39, 0.29) is 23.7 Å². The van der Waals surface area contributed by atoms with Crippen LogP contribution in [0.1, 0.15) is 25.3 Å². The van der Waals surface area contributed by atoms with Gasteiger partial charge in [-0.2, -0.15) is 0 Å². The highest BCUT2D eigenvalue weighted by molar-refractivity contribution is 6.32. The quantitative estimate of drug-likeness (QED) is 0.586. The van der Waals surface area contributed by atoms with Crippen LogP contribution >= 0.6 is 11.6 Å². The Balaban J connectivity index is 2.02. The Kier molecular flexibility index (Phi) is 3.17. The number of allylic oxidation sites excluding steroid dienone is 2. The molecule has 0 N–H and O–H groups in total. The molecule has 1 saturated heterocycles. The lowest BCUT2D eigenvalue weighted by atomic mass is 9.82. The largest absolute Gasteiger partial charge is 0.274 e. The zero-order valence-corrected chi connectivity index (χ0v) is 12.3. The van der Waals surface area contributed by atoms with Crippen molar-refractivity contribution in [1.82, 2.24) is 0 Å². The zero-order chi connectivity index (χ0) is 14.4. The van der Waals surface area contributed by atoms with E-state index in [2.05, 4.69) is 6.08 Å². The molecule has 20 heavy (non-hydrogen) atoms. The van der Waals surface area contributed by atoms with E-state index in [1.54, 1.807) is 18.2 Å². The van der Waals surface area contributed by atoms with Gasteiger partial charge >= 0.3 is 0 Å². The SMILES string of the molecule is CC1=CC[C@@H]2C(=O)N(c3cccc(Cl)c3C)C(=O)[C@H]2C1. The minimum atomic E-state index is -0.204. The van der Waals surface area contributed by atoms with Gasteiger partial charge in [-0.3, -0.25) is 9.59 Å². The van der Waals surface area contributed by atoms with Crippen LogP contribution in [0.5, 0.6) is 0 Å². The topological polar surface area (TPSA) is 37.4 Å². The van der Waals surface area contributed by atoms with E-state index in [0.29, 0.717) is 23.6 Å². The molecule has 2 atom stereocenters. The Morgan fingerprint density at radius 3 is 2.60 bits per heavy atom. The third kappa shape index (κ3) is 1.88. The summed E-state index contributed by atoms with van der Waals surface area (Å²) in [4.78, 5) is 26.5. The van der Waals surface area contributed by atoms with Crippen molar-refractivity contribution < 1.29 is 9.59 Å². The molecule has 1 aliphatic carbocycles. The van der Waals surface area contributed by atoms with E-state index in [9.17, 15) is 9.59 Å². The van der Waals surface area contributed by atoms with Crippen molar-refractivity contribution >= 4 is 29.1 Å². The molecule has 104 valence electrons. The van der Waals surface area contributed by atoms with Crippen LogP contribution < -0.4 is 4.90 Å². The number of anilines is 1. The molecule has 1 aliphatic heterocycles. The molecule has 2 aliphatic rings.